The Kier molecular flexibility index (Phi) is 6.20. The molecule has 2 heteroatoms. The van der Waals surface area contributed by atoms with Crippen LogP contribution in [0.4, 0.5) is 0 Å². The van der Waals surface area contributed by atoms with E-state index >= 15 is 0 Å². The third-order valence-electron chi connectivity index (χ3n) is 3.90. The molecule has 0 spiro atoms. The molecular weight excluding hydrogens is 313 g/mol. The van der Waals surface area contributed by atoms with Crippen molar-refractivity contribution in [3.63, 3.8) is 0 Å². The molecule has 0 amide bonds. The molecule has 0 aromatic heterocycles. The third kappa shape index (κ3) is 2.95. The second-order valence-corrected chi connectivity index (χ2v) is 18.7. The Labute approximate surface area is 110 Å². The molecule has 0 heterocycles. The van der Waals surface area contributed by atoms with Gasteiger partial charge in [0.05, 0.1) is 0 Å². The van der Waals surface area contributed by atoms with Gasteiger partial charge in [-0.3, -0.25) is 0 Å². The van der Waals surface area contributed by atoms with Crippen molar-refractivity contribution in [1.82, 2.24) is 0 Å². The van der Waals surface area contributed by atoms with E-state index in [0.29, 0.717) is 0 Å². The molecule has 0 unspecified atom stereocenters. The first-order valence-corrected chi connectivity index (χ1v) is 14.6. The van der Waals surface area contributed by atoms with E-state index in [-0.39, 0.29) is 15.4 Å². The second kappa shape index (κ2) is 6.90. The molecule has 88 valence electrons. The monoisotopic (exact) mass is 340 g/mol. The molecule has 0 fully saturated rings. The van der Waals surface area contributed by atoms with Gasteiger partial charge in [0.15, 0.2) is 0 Å². The molecule has 16 heavy (non-hydrogen) atoms. The van der Waals surface area contributed by atoms with Gasteiger partial charge in [-0.05, 0) is 0 Å². The summed E-state index contributed by atoms with van der Waals surface area (Å²) in [5.41, 5.74) is 0. The average molecular weight is 338 g/mol. The van der Waals surface area contributed by atoms with E-state index in [1.54, 1.807) is 4.40 Å². The zero-order valence-electron chi connectivity index (χ0n) is 11.1. The van der Waals surface area contributed by atoms with Crippen molar-refractivity contribution < 1.29 is 0 Å². The SMILES string of the molecule is C[CH2][Ge][c]1cccc[c]1[Ge]([CH2]C)([CH2]C)[CH2]C. The van der Waals surface area contributed by atoms with Gasteiger partial charge < -0.3 is 0 Å². The van der Waals surface area contributed by atoms with Crippen LogP contribution in [-0.2, 0) is 0 Å². The molecule has 0 aliphatic rings. The molecule has 0 aliphatic carbocycles. The van der Waals surface area contributed by atoms with Gasteiger partial charge in [-0.25, -0.2) is 0 Å². The van der Waals surface area contributed by atoms with Gasteiger partial charge in [0, 0.05) is 0 Å². The topological polar surface area (TPSA) is 0 Å². The van der Waals surface area contributed by atoms with Crippen LogP contribution in [-0.4, -0.2) is 28.7 Å². The molecule has 0 atom stereocenters. The maximum atomic E-state index is 2.46. The number of rotatable bonds is 6. The predicted molar refractivity (Wildman–Crippen MR) is 79.1 cm³/mol. The average Bonchev–Trinajstić information content (AvgIpc) is 2.34. The minimum atomic E-state index is -1.70. The van der Waals surface area contributed by atoms with Crippen LogP contribution in [0, 0.1) is 0 Å². The summed E-state index contributed by atoms with van der Waals surface area (Å²) < 4.78 is 3.62. The van der Waals surface area contributed by atoms with Crippen molar-refractivity contribution in [1.29, 1.82) is 0 Å². The quantitative estimate of drug-likeness (QED) is 0.700. The van der Waals surface area contributed by atoms with E-state index in [4.69, 9.17) is 0 Å². The predicted octanol–water partition coefficient (Wildman–Crippen LogP) is 3.17. The first-order valence-electron chi connectivity index (χ1n) is 6.57. The summed E-state index contributed by atoms with van der Waals surface area (Å²) in [7, 11) is 0. The summed E-state index contributed by atoms with van der Waals surface area (Å²) in [5.74, 6) is 0. The molecule has 0 aliphatic heterocycles. The molecule has 0 saturated heterocycles. The number of hydrogen-bond donors (Lipinski definition) is 0. The van der Waals surface area contributed by atoms with Gasteiger partial charge in [-0.15, -0.1) is 0 Å². The second-order valence-electron chi connectivity index (χ2n) is 4.42. The minimum absolute atomic E-state index is 0.135. The van der Waals surface area contributed by atoms with Crippen LogP contribution < -0.4 is 8.79 Å². The summed E-state index contributed by atoms with van der Waals surface area (Å²) in [4.78, 5) is 0. The number of benzene rings is 1. The molecule has 0 bridgehead atoms. The fourth-order valence-electron chi connectivity index (χ4n) is 2.61. The Morgan fingerprint density at radius 1 is 0.938 bits per heavy atom. The molecule has 0 saturated carbocycles. The Morgan fingerprint density at radius 2 is 1.50 bits per heavy atom. The van der Waals surface area contributed by atoms with Crippen LogP contribution in [0.2, 0.25) is 21.0 Å². The standard InChI is InChI=1S/C14H24Ge2/c1-5-15-13-11-9-10-12-14(13)16(6-2,7-3)8-4/h9-12H,5-8H2,1-4H3. The normalized spacial score (nSPS) is 11.8. The molecule has 2 radical (unpaired) electrons. The first kappa shape index (κ1) is 14.4. The van der Waals surface area contributed by atoms with E-state index < -0.39 is 13.3 Å². The van der Waals surface area contributed by atoms with Crippen LogP contribution in [0.3, 0.4) is 0 Å². The molecule has 0 nitrogen and oxygen atoms in total. The Balaban J connectivity index is 3.17. The van der Waals surface area contributed by atoms with Crippen molar-refractivity contribution in [2.24, 2.45) is 0 Å². The summed E-state index contributed by atoms with van der Waals surface area (Å²) in [5, 5.41) is 5.77. The van der Waals surface area contributed by atoms with Crippen LogP contribution in [0.5, 0.6) is 0 Å². The summed E-state index contributed by atoms with van der Waals surface area (Å²) >= 11 is -1.56. The zero-order valence-corrected chi connectivity index (χ0v) is 15.3. The van der Waals surface area contributed by atoms with Crippen LogP contribution in [0.15, 0.2) is 24.3 Å². The summed E-state index contributed by atoms with van der Waals surface area (Å²) in [6, 6.07) is 9.39. The van der Waals surface area contributed by atoms with Gasteiger partial charge in [-0.1, -0.05) is 0 Å². The maximum absolute atomic E-state index is 2.46. The van der Waals surface area contributed by atoms with Crippen molar-refractivity contribution in [3.05, 3.63) is 24.3 Å². The Hall–Kier alpha value is 0.306. The van der Waals surface area contributed by atoms with E-state index in [1.165, 1.54) is 21.0 Å². The van der Waals surface area contributed by atoms with Crippen LogP contribution >= 0.6 is 0 Å². The molecular formula is C14H24Ge2. The van der Waals surface area contributed by atoms with Gasteiger partial charge in [0.25, 0.3) is 0 Å². The molecule has 0 N–H and O–H groups in total. The van der Waals surface area contributed by atoms with Crippen molar-refractivity contribution in [2.75, 3.05) is 0 Å². The van der Waals surface area contributed by atoms with Crippen molar-refractivity contribution >= 4 is 37.5 Å². The van der Waals surface area contributed by atoms with Crippen molar-refractivity contribution in [3.8, 4) is 0 Å². The molecule has 1 aromatic rings. The Morgan fingerprint density at radius 3 is 2.00 bits per heavy atom. The fourth-order valence-corrected chi connectivity index (χ4v) is 16.2. The van der Waals surface area contributed by atoms with E-state index in [0.717, 1.165) is 0 Å². The molecule has 1 rings (SSSR count). The van der Waals surface area contributed by atoms with Crippen molar-refractivity contribution in [2.45, 2.75) is 48.7 Å². The van der Waals surface area contributed by atoms with Gasteiger partial charge in [0.2, 0.25) is 0 Å². The summed E-state index contributed by atoms with van der Waals surface area (Å²) in [6.07, 6.45) is 0. The summed E-state index contributed by atoms with van der Waals surface area (Å²) in [6.45, 7) is 9.62. The first-order chi connectivity index (χ1) is 7.74. The number of hydrogen-bond acceptors (Lipinski definition) is 0. The van der Waals surface area contributed by atoms with Crippen LogP contribution in [0.1, 0.15) is 27.7 Å². The van der Waals surface area contributed by atoms with Gasteiger partial charge in [0.1, 0.15) is 0 Å². The van der Waals surface area contributed by atoms with Gasteiger partial charge >= 0.3 is 110 Å². The van der Waals surface area contributed by atoms with Crippen LogP contribution in [0.25, 0.3) is 0 Å². The fraction of sp³-hybridized carbons (Fsp3) is 0.571. The zero-order chi connectivity index (χ0) is 12.0. The Bertz CT molecular complexity index is 308. The molecule has 1 aromatic carbocycles. The van der Waals surface area contributed by atoms with E-state index in [1.807, 2.05) is 4.40 Å². The van der Waals surface area contributed by atoms with E-state index in [2.05, 4.69) is 52.0 Å². The van der Waals surface area contributed by atoms with Gasteiger partial charge in [-0.2, -0.15) is 0 Å². The van der Waals surface area contributed by atoms with E-state index in [9.17, 15) is 0 Å². The third-order valence-corrected chi connectivity index (χ3v) is 19.3.